The number of carbonyl (C=O) groups is 4. The molecule has 3 heterocycles. The Morgan fingerprint density at radius 2 is 1.49 bits per heavy atom. The van der Waals surface area contributed by atoms with Gasteiger partial charge in [-0.25, -0.2) is 9.59 Å². The van der Waals surface area contributed by atoms with E-state index in [1.165, 1.54) is 70.2 Å². The van der Waals surface area contributed by atoms with E-state index in [2.05, 4.69) is 0 Å². The minimum atomic E-state index is -0.989. The van der Waals surface area contributed by atoms with Crippen molar-refractivity contribution in [1.29, 1.82) is 0 Å². The third-order valence-electron chi connectivity index (χ3n) is 8.86. The molecular weight excluding hydrogens is 662 g/mol. The fourth-order valence-electron chi connectivity index (χ4n) is 6.36. The standard InChI is InChI=1S/C32H35N5O11S/c1-17-26-25(18(2)38)30(40)35(26)27(31(41)47-15-19-5-9-21(10-6-19)36(43)44)28(17)49-24-14-13-23(29(39)33(3)4)34(24)32(42)48-16-20-7-11-22(12-8-20)37(45)46/h5-12,17-18,23-26,38H,13-16H2,1-4H3/t17?,18-,23?,24?,25?,26-/m1/s1. The maximum atomic E-state index is 13.7. The number of amides is 3. The summed E-state index contributed by atoms with van der Waals surface area (Å²) in [7, 11) is 3.13. The second kappa shape index (κ2) is 14.2. The predicted molar refractivity (Wildman–Crippen MR) is 173 cm³/mol. The van der Waals surface area contributed by atoms with Crippen molar-refractivity contribution in [1.82, 2.24) is 14.7 Å². The highest BCUT2D eigenvalue weighted by Crippen LogP contribution is 2.53. The van der Waals surface area contributed by atoms with Crippen LogP contribution in [0, 0.1) is 32.1 Å². The summed E-state index contributed by atoms with van der Waals surface area (Å²) < 4.78 is 11.2. The molecule has 5 rings (SSSR count). The van der Waals surface area contributed by atoms with Gasteiger partial charge in [0.25, 0.3) is 11.4 Å². The maximum absolute atomic E-state index is 13.7. The number of hydrogen-bond acceptors (Lipinski definition) is 12. The van der Waals surface area contributed by atoms with Gasteiger partial charge in [-0.2, -0.15) is 0 Å². The lowest BCUT2D eigenvalue weighted by molar-refractivity contribution is -0.385. The molecule has 0 aliphatic carbocycles. The van der Waals surface area contributed by atoms with Gasteiger partial charge in [0.15, 0.2) is 0 Å². The third-order valence-corrected chi connectivity index (χ3v) is 10.4. The number of ether oxygens (including phenoxy) is 2. The normalized spacial score (nSPS) is 23.4. The van der Waals surface area contributed by atoms with Crippen LogP contribution in [-0.2, 0) is 37.1 Å². The highest BCUT2D eigenvalue weighted by molar-refractivity contribution is 8.03. The topological polar surface area (TPSA) is 203 Å². The van der Waals surface area contributed by atoms with Gasteiger partial charge in [0.05, 0.1) is 33.3 Å². The molecule has 3 amide bonds. The molecule has 2 fully saturated rings. The van der Waals surface area contributed by atoms with Crippen molar-refractivity contribution in [2.45, 2.75) is 63.5 Å². The van der Waals surface area contributed by atoms with Crippen LogP contribution in [0.5, 0.6) is 0 Å². The number of likely N-dealkylation sites (tertiary alicyclic amines) is 1. The number of non-ortho nitro benzene ring substituents is 2. The number of aliphatic hydroxyl groups is 1. The Balaban J connectivity index is 1.41. The van der Waals surface area contributed by atoms with E-state index in [-0.39, 0.29) is 36.2 Å². The second-order valence-corrected chi connectivity index (χ2v) is 13.5. The van der Waals surface area contributed by atoms with Gasteiger partial charge in [0, 0.05) is 49.2 Å². The summed E-state index contributed by atoms with van der Waals surface area (Å²) in [6, 6.07) is 9.55. The van der Waals surface area contributed by atoms with Gasteiger partial charge in [-0.15, -0.1) is 11.8 Å². The summed E-state index contributed by atoms with van der Waals surface area (Å²) in [5.41, 5.74) is 0.710. The van der Waals surface area contributed by atoms with Crippen molar-refractivity contribution in [3.05, 3.63) is 90.5 Å². The SMILES string of the molecule is CC1C(SC2CCC(C(=O)N(C)C)N2C(=O)OCc2ccc([N+](=O)[O-])cc2)=C(C(=O)OCc2ccc([N+](=O)[O-])cc2)N2C(=O)C([C@@H](C)O)[C@@H]12. The van der Waals surface area contributed by atoms with Gasteiger partial charge in [0.2, 0.25) is 11.8 Å². The van der Waals surface area contributed by atoms with E-state index in [1.807, 2.05) is 6.92 Å². The monoisotopic (exact) mass is 697 g/mol. The quantitative estimate of drug-likeness (QED) is 0.155. The molecule has 1 N–H and O–H groups in total. The Morgan fingerprint density at radius 1 is 0.959 bits per heavy atom. The van der Waals surface area contributed by atoms with Gasteiger partial charge in [-0.05, 0) is 55.2 Å². The number of hydrogen-bond donors (Lipinski definition) is 1. The molecule has 0 radical (unpaired) electrons. The summed E-state index contributed by atoms with van der Waals surface area (Å²) in [6.07, 6.45) is -1.15. The third kappa shape index (κ3) is 6.94. The number of carbonyl (C=O) groups excluding carboxylic acids is 4. The average Bonchev–Trinajstić information content (AvgIpc) is 3.59. The largest absolute Gasteiger partial charge is 0.456 e. The molecule has 0 spiro atoms. The van der Waals surface area contributed by atoms with Crippen molar-refractivity contribution in [3.8, 4) is 0 Å². The minimum absolute atomic E-state index is 0.0205. The van der Waals surface area contributed by atoms with Gasteiger partial charge in [-0.1, -0.05) is 6.92 Å². The van der Waals surface area contributed by atoms with E-state index in [9.17, 15) is 44.5 Å². The zero-order valence-corrected chi connectivity index (χ0v) is 27.9. The highest BCUT2D eigenvalue weighted by Gasteiger charge is 2.61. The number of nitro benzene ring substituents is 2. The number of esters is 1. The molecular formula is C32H35N5O11S. The van der Waals surface area contributed by atoms with E-state index in [0.717, 1.165) is 11.8 Å². The number of aliphatic hydroxyl groups excluding tert-OH is 1. The Kier molecular flexibility index (Phi) is 10.2. The Labute approximate surface area is 284 Å². The lowest BCUT2D eigenvalue weighted by Gasteiger charge is -2.46. The molecule has 16 nitrogen and oxygen atoms in total. The first-order valence-electron chi connectivity index (χ1n) is 15.4. The van der Waals surface area contributed by atoms with Crippen LogP contribution in [0.15, 0.2) is 59.1 Å². The summed E-state index contributed by atoms with van der Waals surface area (Å²) in [4.78, 5) is 79.1. The summed E-state index contributed by atoms with van der Waals surface area (Å²) >= 11 is 1.15. The number of fused-ring (bicyclic) bond motifs is 1. The van der Waals surface area contributed by atoms with Crippen LogP contribution in [0.1, 0.15) is 37.8 Å². The molecule has 2 aromatic carbocycles. The van der Waals surface area contributed by atoms with E-state index < -0.39 is 63.2 Å². The maximum Gasteiger partial charge on any atom is 0.411 e. The number of β-lactam (4-membered cyclic amide) rings is 1. The van der Waals surface area contributed by atoms with E-state index in [1.54, 1.807) is 14.1 Å². The van der Waals surface area contributed by atoms with Gasteiger partial charge in [0.1, 0.15) is 25.0 Å². The van der Waals surface area contributed by atoms with Crippen molar-refractivity contribution < 1.29 is 43.6 Å². The fourth-order valence-corrected chi connectivity index (χ4v) is 7.90. The molecule has 0 bridgehead atoms. The Hall–Kier alpha value is -5.03. The minimum Gasteiger partial charge on any atom is -0.456 e. The van der Waals surface area contributed by atoms with Crippen molar-refractivity contribution in [2.75, 3.05) is 14.1 Å². The molecule has 2 saturated heterocycles. The van der Waals surface area contributed by atoms with Crippen LogP contribution < -0.4 is 0 Å². The van der Waals surface area contributed by atoms with Gasteiger partial charge in [-0.3, -0.25) is 34.7 Å². The molecule has 4 unspecified atom stereocenters. The molecule has 3 aliphatic rings. The van der Waals surface area contributed by atoms with Crippen molar-refractivity contribution in [3.63, 3.8) is 0 Å². The van der Waals surface area contributed by atoms with E-state index >= 15 is 0 Å². The fraction of sp³-hybridized carbons (Fsp3) is 0.438. The smallest absolute Gasteiger partial charge is 0.411 e. The number of rotatable bonds is 11. The Morgan fingerprint density at radius 3 is 1.98 bits per heavy atom. The first-order chi connectivity index (χ1) is 23.2. The molecule has 2 aromatic rings. The lowest BCUT2D eigenvalue weighted by atomic mass is 9.79. The van der Waals surface area contributed by atoms with Crippen LogP contribution in [-0.4, -0.2) is 91.2 Å². The lowest BCUT2D eigenvalue weighted by Crippen LogP contribution is -2.63. The van der Waals surface area contributed by atoms with E-state index in [4.69, 9.17) is 9.47 Å². The Bertz CT molecular complexity index is 1700. The van der Waals surface area contributed by atoms with Crippen LogP contribution in [0.25, 0.3) is 0 Å². The predicted octanol–water partition coefficient (Wildman–Crippen LogP) is 3.56. The first-order valence-corrected chi connectivity index (χ1v) is 16.3. The zero-order valence-electron chi connectivity index (χ0n) is 27.1. The molecule has 49 heavy (non-hydrogen) atoms. The van der Waals surface area contributed by atoms with E-state index in [0.29, 0.717) is 28.9 Å². The van der Waals surface area contributed by atoms with Crippen LogP contribution in [0.2, 0.25) is 0 Å². The number of thioether (sulfide) groups is 1. The second-order valence-electron chi connectivity index (χ2n) is 12.3. The summed E-state index contributed by atoms with van der Waals surface area (Å²) in [6.45, 7) is 2.87. The molecule has 17 heteroatoms. The number of likely N-dealkylation sites (N-methyl/N-ethyl adjacent to an activating group) is 1. The number of nitro groups is 2. The zero-order chi connectivity index (χ0) is 35.7. The first kappa shape index (κ1) is 35.3. The molecule has 0 aromatic heterocycles. The van der Waals surface area contributed by atoms with Crippen molar-refractivity contribution in [2.24, 2.45) is 11.8 Å². The van der Waals surface area contributed by atoms with Crippen molar-refractivity contribution >= 4 is 47.0 Å². The van der Waals surface area contributed by atoms with Gasteiger partial charge < -0.3 is 24.4 Å². The van der Waals surface area contributed by atoms with Gasteiger partial charge >= 0.3 is 12.1 Å². The highest BCUT2D eigenvalue weighted by atomic mass is 32.2. The van der Waals surface area contributed by atoms with Crippen LogP contribution in [0.4, 0.5) is 16.2 Å². The molecule has 6 atom stereocenters. The average molecular weight is 698 g/mol. The molecule has 3 aliphatic heterocycles. The number of nitrogens with zero attached hydrogens (tertiary/aromatic N) is 5. The number of benzene rings is 2. The van der Waals surface area contributed by atoms with Crippen LogP contribution in [0.3, 0.4) is 0 Å². The summed E-state index contributed by atoms with van der Waals surface area (Å²) in [5.74, 6) is -2.81. The van der Waals surface area contributed by atoms with Crippen LogP contribution >= 0.6 is 11.8 Å². The summed E-state index contributed by atoms with van der Waals surface area (Å²) in [5, 5.41) is 31.7. The molecule has 0 saturated carbocycles. The molecule has 260 valence electrons.